The van der Waals surface area contributed by atoms with E-state index < -0.39 is 5.60 Å². The average molecular weight is 474 g/mol. The van der Waals surface area contributed by atoms with Crippen LogP contribution in [0.3, 0.4) is 0 Å². The quantitative estimate of drug-likeness (QED) is 0.533. The molecule has 7 nitrogen and oxygen atoms in total. The summed E-state index contributed by atoms with van der Waals surface area (Å²) < 4.78 is 0. The maximum Gasteiger partial charge on any atom is 0.229 e. The van der Waals surface area contributed by atoms with Gasteiger partial charge in [0.2, 0.25) is 5.95 Å². The molecule has 184 valence electrons. The second kappa shape index (κ2) is 8.36. The van der Waals surface area contributed by atoms with Gasteiger partial charge >= 0.3 is 0 Å². The van der Waals surface area contributed by atoms with E-state index in [4.69, 9.17) is 9.97 Å². The number of anilines is 2. The first-order valence-corrected chi connectivity index (χ1v) is 12.3. The highest BCUT2D eigenvalue weighted by Crippen LogP contribution is 2.57. The van der Waals surface area contributed by atoms with Crippen LogP contribution in [0.4, 0.5) is 11.6 Å². The molecule has 2 aliphatic rings. The molecule has 5 rings (SSSR count). The summed E-state index contributed by atoms with van der Waals surface area (Å²) in [6, 6.07) is 10.5. The highest BCUT2D eigenvalue weighted by atomic mass is 16.3. The minimum Gasteiger partial charge on any atom is -0.394 e. The van der Waals surface area contributed by atoms with Crippen molar-refractivity contribution in [2.24, 2.45) is 0 Å². The molecular formula is C28H35N5O2. The minimum atomic E-state index is -0.936. The lowest BCUT2D eigenvalue weighted by molar-refractivity contribution is 0.0734. The first kappa shape index (κ1) is 23.9. The molecule has 7 heteroatoms. The summed E-state index contributed by atoms with van der Waals surface area (Å²) >= 11 is 0. The number of fused-ring (bicyclic) bond motifs is 2. The molecule has 2 aromatic heterocycles. The van der Waals surface area contributed by atoms with Gasteiger partial charge < -0.3 is 15.1 Å². The zero-order chi connectivity index (χ0) is 25.0. The van der Waals surface area contributed by atoms with Crippen LogP contribution in [0.5, 0.6) is 0 Å². The number of aromatic nitrogens is 3. The second-order valence-electron chi connectivity index (χ2n) is 11.3. The molecule has 1 saturated carbocycles. The van der Waals surface area contributed by atoms with Crippen molar-refractivity contribution in [2.75, 3.05) is 25.1 Å². The van der Waals surface area contributed by atoms with Gasteiger partial charge in [0, 0.05) is 53.9 Å². The van der Waals surface area contributed by atoms with Crippen LogP contribution in [0, 0.1) is 0 Å². The molecule has 1 aromatic carbocycles. The third kappa shape index (κ3) is 4.44. The summed E-state index contributed by atoms with van der Waals surface area (Å²) in [5, 5.41) is 20.1. The van der Waals surface area contributed by atoms with Crippen LogP contribution < -0.4 is 4.90 Å². The monoisotopic (exact) mass is 473 g/mol. The number of likely N-dealkylation sites (N-methyl/N-ethyl adjacent to an activating group) is 1. The molecule has 0 atom stereocenters. The van der Waals surface area contributed by atoms with Crippen LogP contribution in [0.15, 0.2) is 48.9 Å². The Labute approximate surface area is 207 Å². The summed E-state index contributed by atoms with van der Waals surface area (Å²) in [6.07, 6.45) is 7.73. The zero-order valence-corrected chi connectivity index (χ0v) is 21.3. The van der Waals surface area contributed by atoms with Crippen molar-refractivity contribution in [2.45, 2.75) is 63.6 Å². The van der Waals surface area contributed by atoms with Crippen LogP contribution >= 0.6 is 0 Å². The Morgan fingerprint density at radius 2 is 1.74 bits per heavy atom. The topological polar surface area (TPSA) is 85.6 Å². The Balaban J connectivity index is 1.43. The van der Waals surface area contributed by atoms with Gasteiger partial charge in [-0.05, 0) is 82.5 Å². The molecule has 0 saturated heterocycles. The second-order valence-corrected chi connectivity index (χ2v) is 11.3. The van der Waals surface area contributed by atoms with E-state index in [1.165, 1.54) is 29.7 Å². The smallest absolute Gasteiger partial charge is 0.229 e. The Morgan fingerprint density at radius 1 is 1.03 bits per heavy atom. The van der Waals surface area contributed by atoms with Gasteiger partial charge in [-0.15, -0.1) is 0 Å². The molecule has 0 radical (unpaired) electrons. The summed E-state index contributed by atoms with van der Waals surface area (Å²) in [6.45, 7) is 9.39. The van der Waals surface area contributed by atoms with Crippen molar-refractivity contribution in [3.05, 3.63) is 65.6 Å². The van der Waals surface area contributed by atoms with E-state index in [1.807, 2.05) is 45.4 Å². The predicted molar refractivity (Wildman–Crippen MR) is 137 cm³/mol. The molecule has 1 spiro atoms. The molecular weight excluding hydrogens is 438 g/mol. The number of nitrogens with zero attached hydrogens (tertiary/aromatic N) is 5. The number of rotatable bonds is 7. The lowest BCUT2D eigenvalue weighted by Gasteiger charge is -2.34. The molecule has 3 aromatic rings. The number of benzene rings is 1. The van der Waals surface area contributed by atoms with Gasteiger partial charge in [0.1, 0.15) is 0 Å². The van der Waals surface area contributed by atoms with Crippen LogP contribution in [0.2, 0.25) is 0 Å². The van der Waals surface area contributed by atoms with E-state index in [1.54, 1.807) is 20.0 Å². The van der Waals surface area contributed by atoms with Gasteiger partial charge in [-0.1, -0.05) is 12.1 Å². The van der Waals surface area contributed by atoms with Crippen LogP contribution in [-0.4, -0.2) is 55.8 Å². The van der Waals surface area contributed by atoms with Gasteiger partial charge in [-0.3, -0.25) is 9.88 Å². The van der Waals surface area contributed by atoms with E-state index in [0.717, 1.165) is 29.9 Å². The number of pyridine rings is 1. The Morgan fingerprint density at radius 3 is 2.37 bits per heavy atom. The molecule has 1 aliphatic carbocycles. The SMILES string of the molecule is CN(Cc1ccc2c(c1)N(c1ncc(-c3cc(C(C)(C)O)ccn3)cn1)CC21CC1)C(C)(C)CO. The van der Waals surface area contributed by atoms with Gasteiger partial charge in [0.15, 0.2) is 0 Å². The van der Waals surface area contributed by atoms with Crippen molar-refractivity contribution >= 4 is 11.6 Å². The normalized spacial score (nSPS) is 16.7. The fourth-order valence-electron chi connectivity index (χ4n) is 4.75. The molecule has 0 amide bonds. The molecule has 1 aliphatic heterocycles. The van der Waals surface area contributed by atoms with Crippen molar-refractivity contribution < 1.29 is 10.2 Å². The first-order valence-electron chi connectivity index (χ1n) is 12.3. The average Bonchev–Trinajstić information content (AvgIpc) is 3.55. The summed E-state index contributed by atoms with van der Waals surface area (Å²) in [5.74, 6) is 0.693. The van der Waals surface area contributed by atoms with Crippen LogP contribution in [0.25, 0.3) is 11.3 Å². The maximum absolute atomic E-state index is 10.4. The third-order valence-electron chi connectivity index (χ3n) is 7.72. The zero-order valence-electron chi connectivity index (χ0n) is 21.3. The number of aliphatic hydroxyl groups excluding tert-OH is 1. The molecule has 0 bridgehead atoms. The molecule has 0 unspecified atom stereocenters. The highest BCUT2D eigenvalue weighted by molar-refractivity contribution is 5.72. The first-order chi connectivity index (χ1) is 16.5. The van der Waals surface area contributed by atoms with E-state index in [0.29, 0.717) is 5.95 Å². The number of hydrogen-bond acceptors (Lipinski definition) is 7. The fraction of sp³-hybridized carbons (Fsp3) is 0.464. The van der Waals surface area contributed by atoms with Gasteiger partial charge in [0.25, 0.3) is 0 Å². The van der Waals surface area contributed by atoms with Gasteiger partial charge in [-0.25, -0.2) is 9.97 Å². The third-order valence-corrected chi connectivity index (χ3v) is 7.72. The summed E-state index contributed by atoms with van der Waals surface area (Å²) in [7, 11) is 2.05. The Kier molecular flexibility index (Phi) is 5.70. The summed E-state index contributed by atoms with van der Waals surface area (Å²) in [4.78, 5) is 18.3. The van der Waals surface area contributed by atoms with Crippen LogP contribution in [0.1, 0.15) is 57.2 Å². The maximum atomic E-state index is 10.4. The lowest BCUT2D eigenvalue weighted by Crippen LogP contribution is -2.43. The van der Waals surface area contributed by atoms with E-state index in [2.05, 4.69) is 33.0 Å². The lowest BCUT2D eigenvalue weighted by atomic mass is 9.97. The standard InChI is InChI=1S/C28H35N5O2/c1-26(2,18-34)32(5)16-19-6-7-22-24(12-19)33(17-28(22)9-10-28)25-30-14-20(15-31-25)23-13-21(8-11-29-23)27(3,4)35/h6-8,11-15,34-35H,9-10,16-18H2,1-5H3. The number of hydrogen-bond donors (Lipinski definition) is 2. The van der Waals surface area contributed by atoms with E-state index >= 15 is 0 Å². The molecule has 2 N–H and O–H groups in total. The molecule has 1 fully saturated rings. The highest BCUT2D eigenvalue weighted by Gasteiger charge is 2.52. The van der Waals surface area contributed by atoms with Crippen molar-refractivity contribution in [1.29, 1.82) is 0 Å². The van der Waals surface area contributed by atoms with E-state index in [9.17, 15) is 10.2 Å². The van der Waals surface area contributed by atoms with Gasteiger partial charge in [0.05, 0.1) is 17.9 Å². The Hall–Kier alpha value is -2.87. The van der Waals surface area contributed by atoms with Crippen LogP contribution in [-0.2, 0) is 17.6 Å². The van der Waals surface area contributed by atoms with E-state index in [-0.39, 0.29) is 17.6 Å². The Bertz CT molecular complexity index is 1230. The molecule has 35 heavy (non-hydrogen) atoms. The van der Waals surface area contributed by atoms with Crippen molar-refractivity contribution in [1.82, 2.24) is 19.9 Å². The molecule has 3 heterocycles. The summed E-state index contributed by atoms with van der Waals surface area (Å²) in [5.41, 5.74) is 5.14. The predicted octanol–water partition coefficient (Wildman–Crippen LogP) is 4.15. The largest absolute Gasteiger partial charge is 0.394 e. The minimum absolute atomic E-state index is 0.109. The van der Waals surface area contributed by atoms with Gasteiger partial charge in [-0.2, -0.15) is 0 Å². The number of aliphatic hydroxyl groups is 2. The fourth-order valence-corrected chi connectivity index (χ4v) is 4.75. The van der Waals surface area contributed by atoms with Crippen molar-refractivity contribution in [3.63, 3.8) is 0 Å². The van der Waals surface area contributed by atoms with Crippen molar-refractivity contribution in [3.8, 4) is 11.3 Å².